The standard InChI is InChI=1S/C12H18N2O5/c1-3-13-11(17)7(2)5-14(12(13)18)10-4-8(16)9(6-15)19-10/h5,8-10,15-16H,3-4,6H2,1-2H3/t8?,9-,10-/m1/s1. The van der Waals surface area contributed by atoms with E-state index in [2.05, 4.69) is 0 Å². The number of hydrogen-bond acceptors (Lipinski definition) is 5. The number of rotatable bonds is 3. The molecule has 0 spiro atoms. The monoisotopic (exact) mass is 270 g/mol. The van der Waals surface area contributed by atoms with Crippen molar-refractivity contribution in [3.8, 4) is 0 Å². The summed E-state index contributed by atoms with van der Waals surface area (Å²) in [5, 5.41) is 18.7. The van der Waals surface area contributed by atoms with Crippen LogP contribution in [0.5, 0.6) is 0 Å². The van der Waals surface area contributed by atoms with Crippen LogP contribution in [-0.4, -0.2) is 38.2 Å². The molecular formula is C12H18N2O5. The van der Waals surface area contributed by atoms with E-state index in [4.69, 9.17) is 9.84 Å². The van der Waals surface area contributed by atoms with Crippen LogP contribution in [0, 0.1) is 6.92 Å². The molecule has 7 heteroatoms. The zero-order valence-corrected chi connectivity index (χ0v) is 10.9. The van der Waals surface area contributed by atoms with Crippen LogP contribution in [0.1, 0.15) is 25.1 Å². The van der Waals surface area contributed by atoms with Gasteiger partial charge < -0.3 is 14.9 Å². The first kappa shape index (κ1) is 14.0. The predicted octanol–water partition coefficient (Wildman–Crippen LogP) is -1.02. The Morgan fingerprint density at radius 3 is 2.68 bits per heavy atom. The van der Waals surface area contributed by atoms with Crippen molar-refractivity contribution in [3.63, 3.8) is 0 Å². The van der Waals surface area contributed by atoms with Crippen molar-refractivity contribution in [1.82, 2.24) is 9.13 Å². The van der Waals surface area contributed by atoms with Crippen LogP contribution in [0.2, 0.25) is 0 Å². The normalized spacial score (nSPS) is 26.8. The summed E-state index contributed by atoms with van der Waals surface area (Å²) in [5.74, 6) is 0. The molecule has 0 amide bonds. The summed E-state index contributed by atoms with van der Waals surface area (Å²) in [4.78, 5) is 24.0. The summed E-state index contributed by atoms with van der Waals surface area (Å²) < 4.78 is 7.86. The van der Waals surface area contributed by atoms with Gasteiger partial charge in [0.05, 0.1) is 12.7 Å². The summed E-state index contributed by atoms with van der Waals surface area (Å²) in [5.41, 5.74) is -0.345. The Bertz CT molecular complexity index is 576. The Morgan fingerprint density at radius 2 is 2.16 bits per heavy atom. The molecule has 1 aromatic heterocycles. The second-order valence-electron chi connectivity index (χ2n) is 4.67. The number of aliphatic hydroxyl groups is 2. The highest BCUT2D eigenvalue weighted by molar-refractivity contribution is 5.03. The van der Waals surface area contributed by atoms with E-state index in [1.54, 1.807) is 13.8 Å². The number of hydrogen-bond donors (Lipinski definition) is 2. The molecule has 1 aromatic rings. The van der Waals surface area contributed by atoms with Crippen LogP contribution in [0.15, 0.2) is 15.8 Å². The summed E-state index contributed by atoms with van der Waals surface area (Å²) in [6.07, 6.45) is -0.513. The molecule has 0 saturated carbocycles. The first-order valence-electron chi connectivity index (χ1n) is 6.26. The van der Waals surface area contributed by atoms with Crippen LogP contribution in [0.4, 0.5) is 0 Å². The first-order chi connectivity index (χ1) is 8.99. The van der Waals surface area contributed by atoms with Crippen molar-refractivity contribution in [3.05, 3.63) is 32.6 Å². The molecular weight excluding hydrogens is 252 g/mol. The maximum Gasteiger partial charge on any atom is 0.333 e. The average molecular weight is 270 g/mol. The quantitative estimate of drug-likeness (QED) is 0.733. The summed E-state index contributed by atoms with van der Waals surface area (Å²) in [6, 6.07) is 0. The van der Waals surface area contributed by atoms with Crippen molar-refractivity contribution in [2.24, 2.45) is 0 Å². The molecule has 1 aliphatic heterocycles. The highest BCUT2D eigenvalue weighted by atomic mass is 16.5. The minimum absolute atomic E-state index is 0.215. The van der Waals surface area contributed by atoms with E-state index in [-0.39, 0.29) is 25.1 Å². The predicted molar refractivity (Wildman–Crippen MR) is 67.0 cm³/mol. The van der Waals surface area contributed by atoms with Gasteiger partial charge in [0.15, 0.2) is 0 Å². The van der Waals surface area contributed by atoms with Crippen molar-refractivity contribution in [2.45, 2.75) is 45.2 Å². The van der Waals surface area contributed by atoms with Crippen LogP contribution < -0.4 is 11.2 Å². The van der Waals surface area contributed by atoms with Crippen molar-refractivity contribution in [1.29, 1.82) is 0 Å². The SMILES string of the molecule is CCn1c(=O)c(C)cn([C@H]2CC(O)[C@@H](CO)O2)c1=O. The maximum atomic E-state index is 12.2. The lowest BCUT2D eigenvalue weighted by atomic mass is 10.2. The Kier molecular flexibility index (Phi) is 3.88. The van der Waals surface area contributed by atoms with Gasteiger partial charge >= 0.3 is 5.69 Å². The van der Waals surface area contributed by atoms with Crippen molar-refractivity contribution < 1.29 is 14.9 Å². The van der Waals surface area contributed by atoms with Gasteiger partial charge in [-0.2, -0.15) is 0 Å². The lowest BCUT2D eigenvalue weighted by Gasteiger charge is -2.16. The summed E-state index contributed by atoms with van der Waals surface area (Å²) >= 11 is 0. The highest BCUT2D eigenvalue weighted by Crippen LogP contribution is 2.27. The molecule has 106 valence electrons. The Balaban J connectivity index is 2.45. The van der Waals surface area contributed by atoms with Gasteiger partial charge in [-0.3, -0.25) is 13.9 Å². The molecule has 19 heavy (non-hydrogen) atoms. The number of aliphatic hydroxyl groups excluding tert-OH is 2. The van der Waals surface area contributed by atoms with Gasteiger partial charge in [0.25, 0.3) is 5.56 Å². The maximum absolute atomic E-state index is 12.2. The topological polar surface area (TPSA) is 93.7 Å². The number of aromatic nitrogens is 2. The van der Waals surface area contributed by atoms with Crippen molar-refractivity contribution in [2.75, 3.05) is 6.61 Å². The highest BCUT2D eigenvalue weighted by Gasteiger charge is 2.35. The first-order valence-corrected chi connectivity index (χ1v) is 6.26. The molecule has 2 N–H and O–H groups in total. The lowest BCUT2D eigenvalue weighted by molar-refractivity contribution is -0.0463. The van der Waals surface area contributed by atoms with Gasteiger partial charge in [0.1, 0.15) is 12.3 Å². The van der Waals surface area contributed by atoms with Gasteiger partial charge in [-0.25, -0.2) is 4.79 Å². The van der Waals surface area contributed by atoms with Crippen LogP contribution in [0.3, 0.4) is 0 Å². The zero-order valence-electron chi connectivity index (χ0n) is 10.9. The minimum atomic E-state index is -0.816. The number of ether oxygens (including phenoxy) is 1. The Morgan fingerprint density at radius 1 is 1.47 bits per heavy atom. The fourth-order valence-electron chi connectivity index (χ4n) is 2.29. The van der Waals surface area contributed by atoms with Crippen LogP contribution in [0.25, 0.3) is 0 Å². The average Bonchev–Trinajstić information content (AvgIpc) is 2.75. The van der Waals surface area contributed by atoms with E-state index in [9.17, 15) is 14.7 Å². The van der Waals surface area contributed by atoms with E-state index in [1.165, 1.54) is 10.8 Å². The van der Waals surface area contributed by atoms with Gasteiger partial charge in [-0.15, -0.1) is 0 Å². The molecule has 0 aromatic carbocycles. The Hall–Kier alpha value is -1.44. The largest absolute Gasteiger partial charge is 0.394 e. The molecule has 1 saturated heterocycles. The van der Waals surface area contributed by atoms with Crippen LogP contribution in [-0.2, 0) is 11.3 Å². The van der Waals surface area contributed by atoms with E-state index < -0.39 is 24.1 Å². The second kappa shape index (κ2) is 5.28. The molecule has 0 bridgehead atoms. The van der Waals surface area contributed by atoms with Gasteiger partial charge in [-0.05, 0) is 13.8 Å². The van der Waals surface area contributed by atoms with Crippen LogP contribution >= 0.6 is 0 Å². The fraction of sp³-hybridized carbons (Fsp3) is 0.667. The zero-order chi connectivity index (χ0) is 14.2. The van der Waals surface area contributed by atoms with Gasteiger partial charge in [0, 0.05) is 24.7 Å². The third kappa shape index (κ3) is 2.36. The molecule has 1 fully saturated rings. The smallest absolute Gasteiger partial charge is 0.333 e. The Labute approximate surface area is 109 Å². The molecule has 2 heterocycles. The molecule has 0 radical (unpaired) electrons. The van der Waals surface area contributed by atoms with Crippen molar-refractivity contribution >= 4 is 0 Å². The van der Waals surface area contributed by atoms with E-state index in [0.717, 1.165) is 4.57 Å². The number of aryl methyl sites for hydroxylation is 1. The minimum Gasteiger partial charge on any atom is -0.394 e. The summed E-state index contributed by atoms with van der Waals surface area (Å²) in [7, 11) is 0. The van der Waals surface area contributed by atoms with E-state index in [1.807, 2.05) is 0 Å². The lowest BCUT2D eigenvalue weighted by Crippen LogP contribution is -2.41. The van der Waals surface area contributed by atoms with Gasteiger partial charge in [0.2, 0.25) is 0 Å². The molecule has 3 atom stereocenters. The fourth-order valence-corrected chi connectivity index (χ4v) is 2.29. The third-order valence-corrected chi connectivity index (χ3v) is 3.38. The molecule has 7 nitrogen and oxygen atoms in total. The molecule has 0 aliphatic carbocycles. The molecule has 1 unspecified atom stereocenters. The third-order valence-electron chi connectivity index (χ3n) is 3.38. The molecule has 2 rings (SSSR count). The summed E-state index contributed by atoms with van der Waals surface area (Å²) in [6.45, 7) is 3.31. The van der Waals surface area contributed by atoms with Gasteiger partial charge in [-0.1, -0.05) is 0 Å². The van der Waals surface area contributed by atoms with E-state index >= 15 is 0 Å². The second-order valence-corrected chi connectivity index (χ2v) is 4.67. The number of nitrogens with zero attached hydrogens (tertiary/aromatic N) is 2. The van der Waals surface area contributed by atoms with E-state index in [0.29, 0.717) is 5.56 Å². The molecule has 1 aliphatic rings.